The highest BCUT2D eigenvalue weighted by Gasteiger charge is 2.32. The summed E-state index contributed by atoms with van der Waals surface area (Å²) in [5.41, 5.74) is 1.45. The Morgan fingerprint density at radius 2 is 2.12 bits per heavy atom. The Balaban J connectivity index is 1.95. The molecule has 17 heavy (non-hydrogen) atoms. The minimum absolute atomic E-state index is 0.704. The van der Waals surface area contributed by atoms with Crippen LogP contribution in [-0.2, 0) is 5.60 Å². The van der Waals surface area contributed by atoms with Crippen LogP contribution in [0.15, 0.2) is 30.5 Å². The second kappa shape index (κ2) is 3.88. The van der Waals surface area contributed by atoms with Crippen molar-refractivity contribution in [2.24, 2.45) is 5.92 Å². The molecule has 3 rings (SSSR count). The third kappa shape index (κ3) is 1.87. The number of benzene rings is 1. The molecule has 2 N–H and O–H groups in total. The van der Waals surface area contributed by atoms with Crippen molar-refractivity contribution < 1.29 is 5.11 Å². The van der Waals surface area contributed by atoms with Crippen LogP contribution in [0.1, 0.15) is 38.2 Å². The van der Waals surface area contributed by atoms with E-state index in [0.29, 0.717) is 5.92 Å². The average molecular weight is 229 g/mol. The molecule has 1 saturated carbocycles. The maximum Gasteiger partial charge on any atom is 0.0891 e. The van der Waals surface area contributed by atoms with Crippen LogP contribution in [0.2, 0.25) is 0 Å². The number of rotatable bonds is 3. The molecule has 0 radical (unpaired) electrons. The molecule has 1 heterocycles. The zero-order chi connectivity index (χ0) is 11.9. The smallest absolute Gasteiger partial charge is 0.0891 e. The minimum atomic E-state index is -0.704. The zero-order valence-corrected chi connectivity index (χ0v) is 10.2. The molecular weight excluding hydrogens is 210 g/mol. The maximum atomic E-state index is 10.7. The van der Waals surface area contributed by atoms with E-state index in [0.717, 1.165) is 22.9 Å². The van der Waals surface area contributed by atoms with Crippen molar-refractivity contribution in [3.8, 4) is 0 Å². The van der Waals surface area contributed by atoms with Gasteiger partial charge in [-0.15, -0.1) is 0 Å². The average Bonchev–Trinajstić information content (AvgIpc) is 2.68. The summed E-state index contributed by atoms with van der Waals surface area (Å²) in [5, 5.41) is 11.8. The van der Waals surface area contributed by atoms with Crippen LogP contribution in [0.3, 0.4) is 0 Å². The molecule has 1 aromatic carbocycles. The van der Waals surface area contributed by atoms with E-state index in [1.165, 1.54) is 19.3 Å². The van der Waals surface area contributed by atoms with Gasteiger partial charge in [-0.25, -0.2) is 0 Å². The predicted octanol–water partition coefficient (Wildman–Crippen LogP) is 3.57. The molecule has 90 valence electrons. The molecule has 2 aromatic rings. The molecule has 1 aromatic heterocycles. The lowest BCUT2D eigenvalue weighted by Gasteiger charge is -2.33. The number of aliphatic hydroxyl groups is 1. The molecular formula is C15H19NO. The number of nitrogens with one attached hydrogen (secondary N) is 1. The molecule has 1 unspecified atom stereocenters. The van der Waals surface area contributed by atoms with Crippen molar-refractivity contribution in [3.63, 3.8) is 0 Å². The molecule has 1 fully saturated rings. The summed E-state index contributed by atoms with van der Waals surface area (Å²) in [4.78, 5) is 3.24. The Bertz CT molecular complexity index is 522. The zero-order valence-electron chi connectivity index (χ0n) is 10.2. The highest BCUT2D eigenvalue weighted by Crippen LogP contribution is 2.39. The molecule has 2 nitrogen and oxygen atoms in total. The van der Waals surface area contributed by atoms with Crippen molar-refractivity contribution in [1.29, 1.82) is 0 Å². The molecule has 0 bridgehead atoms. The van der Waals surface area contributed by atoms with Crippen molar-refractivity contribution in [2.75, 3.05) is 0 Å². The summed E-state index contributed by atoms with van der Waals surface area (Å²) in [6.07, 6.45) is 6.73. The van der Waals surface area contributed by atoms with Gasteiger partial charge < -0.3 is 10.1 Å². The summed E-state index contributed by atoms with van der Waals surface area (Å²) in [6, 6.07) is 8.18. The van der Waals surface area contributed by atoms with Gasteiger partial charge >= 0.3 is 0 Å². The van der Waals surface area contributed by atoms with Crippen LogP contribution in [0.4, 0.5) is 0 Å². The lowest BCUT2D eigenvalue weighted by Crippen LogP contribution is -2.27. The number of hydrogen-bond donors (Lipinski definition) is 2. The molecule has 0 aliphatic heterocycles. The third-order valence-electron chi connectivity index (χ3n) is 4.08. The van der Waals surface area contributed by atoms with Crippen LogP contribution >= 0.6 is 0 Å². The quantitative estimate of drug-likeness (QED) is 0.829. The summed E-state index contributed by atoms with van der Waals surface area (Å²) in [6.45, 7) is 1.95. The van der Waals surface area contributed by atoms with Gasteiger partial charge in [-0.3, -0.25) is 0 Å². The Labute approximate surface area is 102 Å². The fourth-order valence-electron chi connectivity index (χ4n) is 2.89. The highest BCUT2D eigenvalue weighted by molar-refractivity contribution is 5.83. The lowest BCUT2D eigenvalue weighted by atomic mass is 9.76. The number of para-hydroxylation sites is 1. The summed E-state index contributed by atoms with van der Waals surface area (Å²) in [7, 11) is 0. The van der Waals surface area contributed by atoms with Crippen molar-refractivity contribution in [2.45, 2.75) is 38.2 Å². The number of aromatic nitrogens is 1. The molecule has 1 atom stereocenters. The second-order valence-corrected chi connectivity index (χ2v) is 5.52. The van der Waals surface area contributed by atoms with Crippen LogP contribution < -0.4 is 0 Å². The fraction of sp³-hybridized carbons (Fsp3) is 0.467. The van der Waals surface area contributed by atoms with E-state index in [9.17, 15) is 5.11 Å². The van der Waals surface area contributed by atoms with Gasteiger partial charge in [0.1, 0.15) is 0 Å². The first-order chi connectivity index (χ1) is 8.17. The van der Waals surface area contributed by atoms with E-state index in [-0.39, 0.29) is 0 Å². The normalized spacial score (nSPS) is 20.1. The standard InChI is InChI=1S/C15H19NO/c1-15(17,9-11-5-4-6-11)13-10-16-14-8-3-2-7-12(13)14/h2-3,7-8,10-11,16-17H,4-6,9H2,1H3. The number of H-pyrrole nitrogens is 1. The van der Waals surface area contributed by atoms with Crippen molar-refractivity contribution >= 4 is 10.9 Å². The minimum Gasteiger partial charge on any atom is -0.385 e. The van der Waals surface area contributed by atoms with Gasteiger partial charge in [0, 0.05) is 22.7 Å². The van der Waals surface area contributed by atoms with Gasteiger partial charge in [-0.05, 0) is 25.3 Å². The first kappa shape index (κ1) is 10.8. The molecule has 0 spiro atoms. The van der Waals surface area contributed by atoms with E-state index < -0.39 is 5.60 Å². The van der Waals surface area contributed by atoms with E-state index >= 15 is 0 Å². The van der Waals surface area contributed by atoms with Crippen LogP contribution in [0, 0.1) is 5.92 Å². The van der Waals surface area contributed by atoms with Gasteiger partial charge in [-0.2, -0.15) is 0 Å². The second-order valence-electron chi connectivity index (χ2n) is 5.52. The lowest BCUT2D eigenvalue weighted by molar-refractivity contribution is 0.0175. The molecule has 1 aliphatic rings. The first-order valence-corrected chi connectivity index (χ1v) is 6.46. The third-order valence-corrected chi connectivity index (χ3v) is 4.08. The van der Waals surface area contributed by atoms with E-state index in [1.54, 1.807) is 0 Å². The largest absolute Gasteiger partial charge is 0.385 e. The predicted molar refractivity (Wildman–Crippen MR) is 69.8 cm³/mol. The van der Waals surface area contributed by atoms with Gasteiger partial charge in [0.05, 0.1) is 5.60 Å². The Morgan fingerprint density at radius 1 is 1.35 bits per heavy atom. The summed E-state index contributed by atoms with van der Waals surface area (Å²) >= 11 is 0. The number of fused-ring (bicyclic) bond motifs is 1. The highest BCUT2D eigenvalue weighted by atomic mass is 16.3. The molecule has 0 saturated heterocycles. The van der Waals surface area contributed by atoms with Gasteiger partial charge in [0.15, 0.2) is 0 Å². The van der Waals surface area contributed by atoms with E-state index in [4.69, 9.17) is 0 Å². The first-order valence-electron chi connectivity index (χ1n) is 6.46. The topological polar surface area (TPSA) is 36.0 Å². The van der Waals surface area contributed by atoms with Gasteiger partial charge in [0.25, 0.3) is 0 Å². The Kier molecular flexibility index (Phi) is 2.48. The van der Waals surface area contributed by atoms with Crippen molar-refractivity contribution in [3.05, 3.63) is 36.0 Å². The van der Waals surface area contributed by atoms with Crippen LogP contribution in [0.5, 0.6) is 0 Å². The molecule has 2 heteroatoms. The van der Waals surface area contributed by atoms with Crippen LogP contribution in [0.25, 0.3) is 10.9 Å². The summed E-state index contributed by atoms with van der Waals surface area (Å²) in [5.74, 6) is 0.707. The van der Waals surface area contributed by atoms with Gasteiger partial charge in [-0.1, -0.05) is 37.5 Å². The maximum absolute atomic E-state index is 10.7. The molecule has 0 amide bonds. The summed E-state index contributed by atoms with van der Waals surface area (Å²) < 4.78 is 0. The van der Waals surface area contributed by atoms with E-state index in [2.05, 4.69) is 17.1 Å². The number of aromatic amines is 1. The monoisotopic (exact) mass is 229 g/mol. The van der Waals surface area contributed by atoms with Gasteiger partial charge in [0.2, 0.25) is 0 Å². The Morgan fingerprint density at radius 3 is 2.82 bits per heavy atom. The van der Waals surface area contributed by atoms with E-state index in [1.807, 2.05) is 25.3 Å². The fourth-order valence-corrected chi connectivity index (χ4v) is 2.89. The Hall–Kier alpha value is -1.28. The van der Waals surface area contributed by atoms with Crippen molar-refractivity contribution in [1.82, 2.24) is 4.98 Å². The van der Waals surface area contributed by atoms with Crippen LogP contribution in [-0.4, -0.2) is 10.1 Å². The SMILES string of the molecule is CC(O)(CC1CCC1)c1c[nH]c2ccccc12. The number of hydrogen-bond acceptors (Lipinski definition) is 1. The molecule has 1 aliphatic carbocycles.